The van der Waals surface area contributed by atoms with Crippen molar-refractivity contribution in [2.75, 3.05) is 5.43 Å². The molecule has 1 aliphatic rings. The monoisotopic (exact) mass is 301 g/mol. The summed E-state index contributed by atoms with van der Waals surface area (Å²) >= 11 is 5.96. The lowest BCUT2D eigenvalue weighted by molar-refractivity contribution is 0.0939. The fourth-order valence-corrected chi connectivity index (χ4v) is 2.93. The second-order valence-electron chi connectivity index (χ2n) is 5.18. The van der Waals surface area contributed by atoms with Crippen molar-refractivity contribution in [3.63, 3.8) is 0 Å². The zero-order valence-electron chi connectivity index (χ0n) is 11.4. The van der Waals surface area contributed by atoms with E-state index < -0.39 is 0 Å². The molecule has 0 aromatic heterocycles. The average molecular weight is 302 g/mol. The molecule has 0 heterocycles. The summed E-state index contributed by atoms with van der Waals surface area (Å²) in [7, 11) is 0. The van der Waals surface area contributed by atoms with E-state index in [4.69, 9.17) is 17.4 Å². The molecule has 4 nitrogen and oxygen atoms in total. The Morgan fingerprint density at radius 2 is 1.81 bits per heavy atom. The zero-order valence-corrected chi connectivity index (χ0v) is 12.2. The van der Waals surface area contributed by atoms with E-state index >= 15 is 0 Å². The van der Waals surface area contributed by atoms with Crippen molar-refractivity contribution in [2.45, 2.75) is 18.9 Å². The van der Waals surface area contributed by atoms with Gasteiger partial charge in [-0.05, 0) is 42.2 Å². The van der Waals surface area contributed by atoms with Gasteiger partial charge >= 0.3 is 0 Å². The number of nitrogens with one attached hydrogen (secondary N) is 2. The molecule has 0 bridgehead atoms. The summed E-state index contributed by atoms with van der Waals surface area (Å²) in [6.07, 6.45) is 1.71. The highest BCUT2D eigenvalue weighted by atomic mass is 35.5. The maximum atomic E-state index is 12.4. The normalized spacial score (nSPS) is 13.8. The molecule has 5 heteroatoms. The highest BCUT2D eigenvalue weighted by Crippen LogP contribution is 2.24. The Morgan fingerprint density at radius 3 is 2.43 bits per heavy atom. The smallest absolute Gasteiger partial charge is 0.253 e. The van der Waals surface area contributed by atoms with Crippen LogP contribution in [0.1, 0.15) is 21.5 Å². The Morgan fingerprint density at radius 1 is 1.14 bits per heavy atom. The number of rotatable bonds is 3. The van der Waals surface area contributed by atoms with Gasteiger partial charge in [-0.25, -0.2) is 0 Å². The summed E-state index contributed by atoms with van der Waals surface area (Å²) in [5, 5.41) is 3.56. The minimum Gasteiger partial charge on any atom is -0.349 e. The SMILES string of the molecule is NNc1ccc(Cl)cc1C(=O)NC1Cc2ccccc2C1. The molecule has 1 aliphatic carbocycles. The topological polar surface area (TPSA) is 67.1 Å². The van der Waals surface area contributed by atoms with Gasteiger partial charge in [0.2, 0.25) is 0 Å². The first-order valence-electron chi connectivity index (χ1n) is 6.81. The summed E-state index contributed by atoms with van der Waals surface area (Å²) in [6.45, 7) is 0. The lowest BCUT2D eigenvalue weighted by atomic mass is 10.1. The van der Waals surface area contributed by atoms with E-state index in [9.17, 15) is 4.79 Å². The van der Waals surface area contributed by atoms with Crippen LogP contribution in [0.4, 0.5) is 5.69 Å². The van der Waals surface area contributed by atoms with Gasteiger partial charge in [0.25, 0.3) is 5.91 Å². The Kier molecular flexibility index (Phi) is 3.82. The predicted octanol–water partition coefficient (Wildman–Crippen LogP) is 2.52. The molecule has 0 spiro atoms. The van der Waals surface area contributed by atoms with Crippen molar-refractivity contribution in [3.8, 4) is 0 Å². The summed E-state index contributed by atoms with van der Waals surface area (Å²) < 4.78 is 0. The standard InChI is InChI=1S/C16H16ClN3O/c17-12-5-6-15(20-18)14(9-12)16(21)19-13-7-10-3-1-2-4-11(10)8-13/h1-6,9,13,20H,7-8,18H2,(H,19,21). The van der Waals surface area contributed by atoms with Gasteiger partial charge in [-0.1, -0.05) is 35.9 Å². The van der Waals surface area contributed by atoms with Crippen LogP contribution in [0.3, 0.4) is 0 Å². The molecule has 0 saturated heterocycles. The lowest BCUT2D eigenvalue weighted by Crippen LogP contribution is -2.35. The highest BCUT2D eigenvalue weighted by Gasteiger charge is 2.23. The second kappa shape index (κ2) is 5.76. The van der Waals surface area contributed by atoms with Crippen LogP contribution in [0, 0.1) is 0 Å². The van der Waals surface area contributed by atoms with E-state index in [1.54, 1.807) is 18.2 Å². The number of benzene rings is 2. The van der Waals surface area contributed by atoms with Crippen LogP contribution in [0.25, 0.3) is 0 Å². The van der Waals surface area contributed by atoms with Crippen molar-refractivity contribution in [1.29, 1.82) is 0 Å². The number of fused-ring (bicyclic) bond motifs is 1. The Balaban J connectivity index is 1.75. The molecule has 0 fully saturated rings. The van der Waals surface area contributed by atoms with Gasteiger partial charge in [-0.3, -0.25) is 10.6 Å². The number of halogens is 1. The van der Waals surface area contributed by atoms with Crippen molar-refractivity contribution < 1.29 is 4.79 Å². The van der Waals surface area contributed by atoms with E-state index in [-0.39, 0.29) is 11.9 Å². The van der Waals surface area contributed by atoms with Crippen molar-refractivity contribution in [1.82, 2.24) is 5.32 Å². The molecule has 21 heavy (non-hydrogen) atoms. The molecule has 0 unspecified atom stereocenters. The molecule has 108 valence electrons. The number of nitrogens with two attached hydrogens (primary N) is 1. The van der Waals surface area contributed by atoms with Crippen molar-refractivity contribution >= 4 is 23.2 Å². The first-order valence-corrected chi connectivity index (χ1v) is 7.19. The molecule has 2 aromatic rings. The van der Waals surface area contributed by atoms with Crippen molar-refractivity contribution in [2.24, 2.45) is 5.84 Å². The van der Waals surface area contributed by atoms with Gasteiger partial charge < -0.3 is 10.7 Å². The van der Waals surface area contributed by atoms with E-state index in [0.717, 1.165) is 12.8 Å². The number of anilines is 1. The largest absolute Gasteiger partial charge is 0.349 e. The molecule has 3 rings (SSSR count). The average Bonchev–Trinajstić information content (AvgIpc) is 2.89. The highest BCUT2D eigenvalue weighted by molar-refractivity contribution is 6.31. The molecule has 4 N–H and O–H groups in total. The van der Waals surface area contributed by atoms with Crippen LogP contribution in [-0.4, -0.2) is 11.9 Å². The molecule has 1 amide bonds. The summed E-state index contributed by atoms with van der Waals surface area (Å²) in [6, 6.07) is 13.4. The van der Waals surface area contributed by atoms with Gasteiger partial charge in [-0.15, -0.1) is 0 Å². The number of hydrazine groups is 1. The van der Waals surface area contributed by atoms with Crippen LogP contribution in [0.15, 0.2) is 42.5 Å². The molecular weight excluding hydrogens is 286 g/mol. The van der Waals surface area contributed by atoms with E-state index in [1.165, 1.54) is 11.1 Å². The summed E-state index contributed by atoms with van der Waals surface area (Å²) in [4.78, 5) is 12.4. The minimum atomic E-state index is -0.164. The van der Waals surface area contributed by atoms with Gasteiger partial charge in [0.05, 0.1) is 11.3 Å². The van der Waals surface area contributed by atoms with Crippen LogP contribution in [0.2, 0.25) is 5.02 Å². The molecule has 0 atom stereocenters. The fourth-order valence-electron chi connectivity index (χ4n) is 2.75. The van der Waals surface area contributed by atoms with Crippen LogP contribution >= 0.6 is 11.6 Å². The van der Waals surface area contributed by atoms with Crippen LogP contribution < -0.4 is 16.6 Å². The molecule has 0 saturated carbocycles. The number of carbonyl (C=O) groups excluding carboxylic acids is 1. The molecule has 2 aromatic carbocycles. The first kappa shape index (κ1) is 13.9. The maximum absolute atomic E-state index is 12.4. The maximum Gasteiger partial charge on any atom is 0.253 e. The third-order valence-electron chi connectivity index (χ3n) is 3.77. The number of hydrogen-bond acceptors (Lipinski definition) is 3. The Bertz CT molecular complexity index is 662. The van der Waals surface area contributed by atoms with Gasteiger partial charge in [0, 0.05) is 11.1 Å². The van der Waals surface area contributed by atoms with Crippen molar-refractivity contribution in [3.05, 3.63) is 64.2 Å². The van der Waals surface area contributed by atoms with Gasteiger partial charge in [-0.2, -0.15) is 0 Å². The predicted molar refractivity (Wildman–Crippen MR) is 84.4 cm³/mol. The third kappa shape index (κ3) is 2.86. The van der Waals surface area contributed by atoms with Crippen LogP contribution in [0.5, 0.6) is 0 Å². The van der Waals surface area contributed by atoms with Crippen LogP contribution in [-0.2, 0) is 12.8 Å². The van der Waals surface area contributed by atoms with E-state index in [2.05, 4.69) is 22.9 Å². The number of amides is 1. The number of carbonyl (C=O) groups is 1. The Hall–Kier alpha value is -2.04. The van der Waals surface area contributed by atoms with E-state index in [0.29, 0.717) is 16.3 Å². The minimum absolute atomic E-state index is 0.111. The number of nitrogen functional groups attached to an aromatic ring is 1. The first-order chi connectivity index (χ1) is 10.2. The third-order valence-corrected chi connectivity index (χ3v) is 4.00. The Labute approximate surface area is 128 Å². The molecular formula is C16H16ClN3O. The summed E-state index contributed by atoms with van der Waals surface area (Å²) in [5.74, 6) is 5.28. The van der Waals surface area contributed by atoms with E-state index in [1.807, 2.05) is 12.1 Å². The van der Waals surface area contributed by atoms with Gasteiger partial charge in [0.1, 0.15) is 0 Å². The number of hydrogen-bond donors (Lipinski definition) is 3. The second-order valence-corrected chi connectivity index (χ2v) is 5.62. The zero-order chi connectivity index (χ0) is 14.8. The quantitative estimate of drug-likeness (QED) is 0.603. The lowest BCUT2D eigenvalue weighted by Gasteiger charge is -2.14. The van der Waals surface area contributed by atoms with Gasteiger partial charge in [0.15, 0.2) is 0 Å². The summed E-state index contributed by atoms with van der Waals surface area (Å²) in [5.41, 5.74) is 6.14. The fraction of sp³-hybridized carbons (Fsp3) is 0.188. The molecule has 0 radical (unpaired) electrons. The molecule has 0 aliphatic heterocycles.